The fourth-order valence-electron chi connectivity index (χ4n) is 1.04. The van der Waals surface area contributed by atoms with Crippen LogP contribution in [-0.2, 0) is 0 Å². The van der Waals surface area contributed by atoms with Crippen molar-refractivity contribution in [3.63, 3.8) is 0 Å². The number of aliphatic hydroxyl groups is 2. The summed E-state index contributed by atoms with van der Waals surface area (Å²) in [4.78, 5) is 0. The van der Waals surface area contributed by atoms with Crippen molar-refractivity contribution in [3.8, 4) is 0 Å². The van der Waals surface area contributed by atoms with Gasteiger partial charge in [0.25, 0.3) is 0 Å². The van der Waals surface area contributed by atoms with Gasteiger partial charge in [-0.1, -0.05) is 22.9 Å². The third-order valence-electron chi connectivity index (χ3n) is 2.33. The molecule has 0 atom stereocenters. The van der Waals surface area contributed by atoms with Crippen LogP contribution in [0.4, 0.5) is 5.69 Å². The van der Waals surface area contributed by atoms with Crippen LogP contribution in [0.5, 0.6) is 0 Å². The molecule has 0 aromatic heterocycles. The summed E-state index contributed by atoms with van der Waals surface area (Å²) in [7, 11) is 0. The van der Waals surface area contributed by atoms with E-state index in [0.29, 0.717) is 6.54 Å². The zero-order valence-corrected chi connectivity index (χ0v) is 10.3. The summed E-state index contributed by atoms with van der Waals surface area (Å²) >= 11 is 3.36. The molecule has 0 aliphatic rings. The molecule has 1 aromatic carbocycles. The highest BCUT2D eigenvalue weighted by molar-refractivity contribution is 9.10. The molecular formula is C11H16BrNO2. The van der Waals surface area contributed by atoms with E-state index >= 15 is 0 Å². The Balaban J connectivity index is 2.53. The van der Waals surface area contributed by atoms with Crippen LogP contribution in [0.15, 0.2) is 28.7 Å². The van der Waals surface area contributed by atoms with Gasteiger partial charge in [-0.3, -0.25) is 0 Å². The van der Waals surface area contributed by atoms with Gasteiger partial charge >= 0.3 is 0 Å². The average molecular weight is 274 g/mol. The van der Waals surface area contributed by atoms with Gasteiger partial charge in [0.15, 0.2) is 0 Å². The zero-order chi connectivity index (χ0) is 11.3. The normalized spacial score (nSPS) is 11.5. The number of hydrogen-bond donors (Lipinski definition) is 3. The summed E-state index contributed by atoms with van der Waals surface area (Å²) in [6.07, 6.45) is 0. The van der Waals surface area contributed by atoms with E-state index in [9.17, 15) is 0 Å². The van der Waals surface area contributed by atoms with Crippen LogP contribution >= 0.6 is 15.9 Å². The minimum atomic E-state index is -0.479. The fourth-order valence-corrected chi connectivity index (χ4v) is 1.31. The largest absolute Gasteiger partial charge is 0.396 e. The Kier molecular flexibility index (Phi) is 4.57. The van der Waals surface area contributed by atoms with Gasteiger partial charge in [0, 0.05) is 22.1 Å². The molecule has 15 heavy (non-hydrogen) atoms. The third-order valence-corrected chi connectivity index (χ3v) is 2.86. The molecule has 4 heteroatoms. The molecule has 3 nitrogen and oxygen atoms in total. The van der Waals surface area contributed by atoms with Gasteiger partial charge in [0.05, 0.1) is 13.2 Å². The van der Waals surface area contributed by atoms with Crippen molar-refractivity contribution in [2.45, 2.75) is 6.92 Å². The third kappa shape index (κ3) is 3.81. The van der Waals surface area contributed by atoms with Gasteiger partial charge in [-0.25, -0.2) is 0 Å². The summed E-state index contributed by atoms with van der Waals surface area (Å²) in [5.41, 5.74) is 0.499. The second-order valence-corrected chi connectivity index (χ2v) is 4.90. The number of halogens is 1. The van der Waals surface area contributed by atoms with Crippen molar-refractivity contribution in [3.05, 3.63) is 28.7 Å². The Morgan fingerprint density at radius 1 is 1.20 bits per heavy atom. The van der Waals surface area contributed by atoms with E-state index in [1.54, 1.807) is 0 Å². The molecule has 84 valence electrons. The van der Waals surface area contributed by atoms with Crippen molar-refractivity contribution >= 4 is 21.6 Å². The number of rotatable bonds is 5. The van der Waals surface area contributed by atoms with Crippen molar-refractivity contribution in [2.75, 3.05) is 25.1 Å². The first kappa shape index (κ1) is 12.5. The second-order valence-electron chi connectivity index (χ2n) is 3.99. The van der Waals surface area contributed by atoms with Crippen LogP contribution in [0.3, 0.4) is 0 Å². The predicted molar refractivity (Wildman–Crippen MR) is 64.9 cm³/mol. The molecule has 0 saturated heterocycles. The predicted octanol–water partition coefficient (Wildman–Crippen LogP) is 1.85. The molecule has 1 aromatic rings. The quantitative estimate of drug-likeness (QED) is 0.768. The Labute approximate surface area is 98.3 Å². The lowest BCUT2D eigenvalue weighted by atomic mass is 9.93. The first-order chi connectivity index (χ1) is 7.09. The van der Waals surface area contributed by atoms with E-state index in [2.05, 4.69) is 21.2 Å². The maximum atomic E-state index is 9.10. The minimum absolute atomic E-state index is 0.0347. The molecule has 0 aliphatic heterocycles. The topological polar surface area (TPSA) is 52.5 Å². The van der Waals surface area contributed by atoms with E-state index in [0.717, 1.165) is 10.2 Å². The van der Waals surface area contributed by atoms with Crippen molar-refractivity contribution < 1.29 is 10.2 Å². The van der Waals surface area contributed by atoms with Crippen LogP contribution in [-0.4, -0.2) is 30.0 Å². The Bertz CT molecular complexity index is 296. The number of benzene rings is 1. The molecule has 0 spiro atoms. The Hall–Kier alpha value is -0.580. The van der Waals surface area contributed by atoms with Gasteiger partial charge in [-0.05, 0) is 24.3 Å². The second kappa shape index (κ2) is 5.49. The first-order valence-corrected chi connectivity index (χ1v) is 5.60. The Morgan fingerprint density at radius 3 is 2.20 bits per heavy atom. The Morgan fingerprint density at radius 2 is 1.73 bits per heavy atom. The standard InChI is InChI=1S/C11H16BrNO2/c1-11(7-14,8-15)6-13-10-4-2-9(12)3-5-10/h2-5,13-15H,6-8H2,1H3. The number of hydrogen-bond acceptors (Lipinski definition) is 3. The van der Waals surface area contributed by atoms with Crippen LogP contribution in [0.2, 0.25) is 0 Å². The smallest absolute Gasteiger partial charge is 0.0523 e. The molecule has 0 bridgehead atoms. The molecular weight excluding hydrogens is 258 g/mol. The number of nitrogens with one attached hydrogen (secondary N) is 1. The first-order valence-electron chi connectivity index (χ1n) is 4.81. The van der Waals surface area contributed by atoms with E-state index in [4.69, 9.17) is 10.2 Å². The summed E-state index contributed by atoms with van der Waals surface area (Å²) in [5, 5.41) is 21.4. The summed E-state index contributed by atoms with van der Waals surface area (Å²) in [6, 6.07) is 7.77. The van der Waals surface area contributed by atoms with Crippen LogP contribution in [0.25, 0.3) is 0 Å². The van der Waals surface area contributed by atoms with Gasteiger partial charge in [-0.15, -0.1) is 0 Å². The highest BCUT2D eigenvalue weighted by Gasteiger charge is 2.21. The van der Waals surface area contributed by atoms with Crippen LogP contribution < -0.4 is 5.32 Å². The zero-order valence-electron chi connectivity index (χ0n) is 8.70. The molecule has 0 amide bonds. The van der Waals surface area contributed by atoms with Crippen LogP contribution in [0.1, 0.15) is 6.92 Å². The van der Waals surface area contributed by atoms with E-state index in [1.165, 1.54) is 0 Å². The summed E-state index contributed by atoms with van der Waals surface area (Å²) in [5.74, 6) is 0. The maximum absolute atomic E-state index is 9.10. The summed E-state index contributed by atoms with van der Waals surface area (Å²) in [6.45, 7) is 2.31. The van der Waals surface area contributed by atoms with Crippen molar-refractivity contribution in [1.82, 2.24) is 0 Å². The van der Waals surface area contributed by atoms with E-state index in [1.807, 2.05) is 31.2 Å². The number of anilines is 1. The molecule has 3 N–H and O–H groups in total. The van der Waals surface area contributed by atoms with Gasteiger partial charge in [0.2, 0.25) is 0 Å². The SMILES string of the molecule is CC(CO)(CO)CNc1ccc(Br)cc1. The lowest BCUT2D eigenvalue weighted by Gasteiger charge is -2.25. The lowest BCUT2D eigenvalue weighted by Crippen LogP contribution is -2.33. The fraction of sp³-hybridized carbons (Fsp3) is 0.455. The van der Waals surface area contributed by atoms with Crippen molar-refractivity contribution in [1.29, 1.82) is 0 Å². The molecule has 0 saturated carbocycles. The van der Waals surface area contributed by atoms with Crippen molar-refractivity contribution in [2.24, 2.45) is 5.41 Å². The molecule has 0 aliphatic carbocycles. The molecule has 0 heterocycles. The van der Waals surface area contributed by atoms with E-state index in [-0.39, 0.29) is 13.2 Å². The average Bonchev–Trinajstić information content (AvgIpc) is 2.28. The number of aliphatic hydroxyl groups excluding tert-OH is 2. The molecule has 0 fully saturated rings. The van der Waals surface area contributed by atoms with E-state index < -0.39 is 5.41 Å². The highest BCUT2D eigenvalue weighted by atomic mass is 79.9. The van der Waals surface area contributed by atoms with Gasteiger partial charge in [-0.2, -0.15) is 0 Å². The summed E-state index contributed by atoms with van der Waals surface area (Å²) < 4.78 is 1.03. The monoisotopic (exact) mass is 273 g/mol. The van der Waals surface area contributed by atoms with Gasteiger partial charge < -0.3 is 15.5 Å². The van der Waals surface area contributed by atoms with Crippen LogP contribution in [0, 0.1) is 5.41 Å². The lowest BCUT2D eigenvalue weighted by molar-refractivity contribution is 0.0806. The molecule has 0 radical (unpaired) electrons. The maximum Gasteiger partial charge on any atom is 0.0523 e. The minimum Gasteiger partial charge on any atom is -0.396 e. The highest BCUT2D eigenvalue weighted by Crippen LogP contribution is 2.18. The van der Waals surface area contributed by atoms with Gasteiger partial charge in [0.1, 0.15) is 0 Å². The molecule has 0 unspecified atom stereocenters. The molecule has 1 rings (SSSR count).